The summed E-state index contributed by atoms with van der Waals surface area (Å²) in [5, 5.41) is 7.21. The molecule has 1 fully saturated rings. The maximum absolute atomic E-state index is 4.59. The van der Waals surface area contributed by atoms with Gasteiger partial charge < -0.3 is 0 Å². The zero-order chi connectivity index (χ0) is 18.3. The van der Waals surface area contributed by atoms with Gasteiger partial charge in [-0.1, -0.05) is 55.0 Å². The minimum Gasteiger partial charge on any atom is -0.299 e. The van der Waals surface area contributed by atoms with Crippen molar-refractivity contribution in [3.63, 3.8) is 0 Å². The Morgan fingerprint density at radius 1 is 1.04 bits per heavy atom. The van der Waals surface area contributed by atoms with Gasteiger partial charge in [0.2, 0.25) is 5.13 Å². The van der Waals surface area contributed by atoms with Gasteiger partial charge in [-0.25, -0.2) is 4.98 Å². The monoisotopic (exact) mass is 376 g/mol. The van der Waals surface area contributed by atoms with E-state index in [-0.39, 0.29) is 0 Å². The zero-order valence-corrected chi connectivity index (χ0v) is 16.2. The van der Waals surface area contributed by atoms with Gasteiger partial charge in [-0.3, -0.25) is 10.3 Å². The molecule has 2 heterocycles. The van der Waals surface area contributed by atoms with Crippen molar-refractivity contribution in [3.05, 3.63) is 71.1 Å². The van der Waals surface area contributed by atoms with E-state index >= 15 is 0 Å². The molecule has 0 radical (unpaired) electrons. The molecule has 4 nitrogen and oxygen atoms in total. The van der Waals surface area contributed by atoms with Crippen LogP contribution in [0.3, 0.4) is 0 Å². The van der Waals surface area contributed by atoms with Crippen LogP contribution in [-0.2, 0) is 6.54 Å². The molecule has 1 saturated heterocycles. The molecule has 27 heavy (non-hydrogen) atoms. The SMILES string of the molecule is C(=NNc1nc(-c2ccccc2)cs1)c1cccc(CN2CCCCC2)c1. The van der Waals surface area contributed by atoms with Crippen molar-refractivity contribution in [3.8, 4) is 11.3 Å². The van der Waals surface area contributed by atoms with Gasteiger partial charge in [-0.05, 0) is 43.1 Å². The molecule has 0 aliphatic carbocycles. The molecule has 0 atom stereocenters. The number of hydrogen-bond acceptors (Lipinski definition) is 5. The van der Waals surface area contributed by atoms with Crippen molar-refractivity contribution < 1.29 is 0 Å². The Hall–Kier alpha value is -2.50. The maximum atomic E-state index is 4.59. The first-order valence-electron chi connectivity index (χ1n) is 9.48. The molecule has 0 saturated carbocycles. The number of anilines is 1. The molecule has 0 bridgehead atoms. The van der Waals surface area contributed by atoms with E-state index in [1.165, 1.54) is 37.9 Å². The first-order chi connectivity index (χ1) is 13.4. The third-order valence-corrected chi connectivity index (χ3v) is 5.50. The summed E-state index contributed by atoms with van der Waals surface area (Å²) in [6, 6.07) is 18.8. The van der Waals surface area contributed by atoms with Crippen molar-refractivity contribution >= 4 is 22.7 Å². The molecule has 0 unspecified atom stereocenters. The zero-order valence-electron chi connectivity index (χ0n) is 15.3. The first kappa shape index (κ1) is 17.9. The Kier molecular flexibility index (Phi) is 5.92. The molecular weight excluding hydrogens is 352 g/mol. The van der Waals surface area contributed by atoms with Gasteiger partial charge in [0.1, 0.15) is 0 Å². The minimum atomic E-state index is 0.801. The quantitative estimate of drug-likeness (QED) is 0.472. The smallest absolute Gasteiger partial charge is 0.203 e. The highest BCUT2D eigenvalue weighted by molar-refractivity contribution is 7.14. The molecular formula is C22H24N4S. The number of aromatic nitrogens is 1. The average molecular weight is 377 g/mol. The van der Waals surface area contributed by atoms with Crippen LogP contribution < -0.4 is 5.43 Å². The second-order valence-corrected chi connectivity index (χ2v) is 7.71. The molecule has 3 aromatic rings. The van der Waals surface area contributed by atoms with Gasteiger partial charge in [0.05, 0.1) is 11.9 Å². The normalized spacial score (nSPS) is 15.3. The summed E-state index contributed by atoms with van der Waals surface area (Å²) >= 11 is 1.56. The van der Waals surface area contributed by atoms with Crippen LogP contribution >= 0.6 is 11.3 Å². The van der Waals surface area contributed by atoms with Gasteiger partial charge in [0, 0.05) is 17.5 Å². The van der Waals surface area contributed by atoms with Crippen molar-refractivity contribution in [2.24, 2.45) is 5.10 Å². The molecule has 5 heteroatoms. The van der Waals surface area contributed by atoms with Gasteiger partial charge in [-0.2, -0.15) is 5.10 Å². The molecule has 4 rings (SSSR count). The maximum Gasteiger partial charge on any atom is 0.203 e. The highest BCUT2D eigenvalue weighted by Gasteiger charge is 2.10. The Bertz CT molecular complexity index is 882. The van der Waals surface area contributed by atoms with Crippen LogP contribution in [0.2, 0.25) is 0 Å². The second kappa shape index (κ2) is 8.93. The third kappa shape index (κ3) is 5.02. The fourth-order valence-electron chi connectivity index (χ4n) is 3.38. The van der Waals surface area contributed by atoms with Crippen LogP contribution in [-0.4, -0.2) is 29.2 Å². The predicted octanol–water partition coefficient (Wildman–Crippen LogP) is 5.24. The van der Waals surface area contributed by atoms with E-state index in [0.29, 0.717) is 0 Å². The number of benzene rings is 2. The van der Waals surface area contributed by atoms with E-state index < -0.39 is 0 Å². The predicted molar refractivity (Wildman–Crippen MR) is 114 cm³/mol. The Morgan fingerprint density at radius 2 is 1.89 bits per heavy atom. The summed E-state index contributed by atoms with van der Waals surface area (Å²) in [5.41, 5.74) is 7.60. The Morgan fingerprint density at radius 3 is 2.74 bits per heavy atom. The van der Waals surface area contributed by atoms with E-state index in [1.54, 1.807) is 11.3 Å². The Labute approximate surface area is 164 Å². The average Bonchev–Trinajstić information content (AvgIpc) is 3.19. The van der Waals surface area contributed by atoms with Gasteiger partial charge >= 0.3 is 0 Å². The number of hydrazone groups is 1. The standard InChI is InChI=1S/C22H24N4S/c1-3-10-20(11-4-1)21-17-27-22(24-21)25-23-15-18-8-7-9-19(14-18)16-26-12-5-2-6-13-26/h1,3-4,7-11,14-15,17H,2,5-6,12-13,16H2,(H,24,25). The largest absolute Gasteiger partial charge is 0.299 e. The van der Waals surface area contributed by atoms with Crippen molar-refractivity contribution in [2.75, 3.05) is 18.5 Å². The molecule has 1 aliphatic rings. The van der Waals surface area contributed by atoms with E-state index in [2.05, 4.69) is 56.8 Å². The number of hydrogen-bond donors (Lipinski definition) is 1. The Balaban J connectivity index is 1.36. The summed E-state index contributed by atoms with van der Waals surface area (Å²) in [6.45, 7) is 3.46. The number of nitrogens with one attached hydrogen (secondary N) is 1. The van der Waals surface area contributed by atoms with Crippen LogP contribution in [0.15, 0.2) is 65.1 Å². The fourth-order valence-corrected chi connectivity index (χ4v) is 4.04. The minimum absolute atomic E-state index is 0.801. The molecule has 1 aromatic heterocycles. The van der Waals surface area contributed by atoms with Gasteiger partial charge in [-0.15, -0.1) is 11.3 Å². The number of likely N-dealkylation sites (tertiary alicyclic amines) is 1. The van der Waals surface area contributed by atoms with Crippen LogP contribution in [0.1, 0.15) is 30.4 Å². The first-order valence-corrected chi connectivity index (χ1v) is 10.4. The van der Waals surface area contributed by atoms with Gasteiger partial charge in [0.25, 0.3) is 0 Å². The van der Waals surface area contributed by atoms with Crippen LogP contribution in [0.5, 0.6) is 0 Å². The number of rotatable bonds is 6. The summed E-state index contributed by atoms with van der Waals surface area (Å²) in [5.74, 6) is 0. The molecule has 2 aromatic carbocycles. The summed E-state index contributed by atoms with van der Waals surface area (Å²) < 4.78 is 0. The topological polar surface area (TPSA) is 40.5 Å². The van der Waals surface area contributed by atoms with E-state index in [1.807, 2.05) is 29.8 Å². The summed E-state index contributed by atoms with van der Waals surface area (Å²) in [7, 11) is 0. The van der Waals surface area contributed by atoms with E-state index in [9.17, 15) is 0 Å². The fraction of sp³-hybridized carbons (Fsp3) is 0.273. The summed E-state index contributed by atoms with van der Waals surface area (Å²) in [6.07, 6.45) is 5.88. The van der Waals surface area contributed by atoms with Crippen LogP contribution in [0, 0.1) is 0 Å². The molecule has 138 valence electrons. The summed E-state index contributed by atoms with van der Waals surface area (Å²) in [4.78, 5) is 7.13. The van der Waals surface area contributed by atoms with Crippen molar-refractivity contribution in [1.29, 1.82) is 0 Å². The molecule has 0 amide bonds. The number of thiazole rings is 1. The van der Waals surface area contributed by atoms with Crippen LogP contribution in [0.4, 0.5) is 5.13 Å². The van der Waals surface area contributed by atoms with Crippen molar-refractivity contribution in [1.82, 2.24) is 9.88 Å². The number of nitrogens with zero attached hydrogens (tertiary/aromatic N) is 3. The molecule has 1 aliphatic heterocycles. The highest BCUT2D eigenvalue weighted by atomic mass is 32.1. The van der Waals surface area contributed by atoms with E-state index in [4.69, 9.17) is 0 Å². The molecule has 0 spiro atoms. The third-order valence-electron chi connectivity index (χ3n) is 4.75. The lowest BCUT2D eigenvalue weighted by molar-refractivity contribution is 0.221. The lowest BCUT2D eigenvalue weighted by atomic mass is 10.1. The van der Waals surface area contributed by atoms with Gasteiger partial charge in [0.15, 0.2) is 0 Å². The van der Waals surface area contributed by atoms with Crippen LogP contribution in [0.25, 0.3) is 11.3 Å². The van der Waals surface area contributed by atoms with Crippen molar-refractivity contribution in [2.45, 2.75) is 25.8 Å². The lowest BCUT2D eigenvalue weighted by Gasteiger charge is -2.26. The van der Waals surface area contributed by atoms with E-state index in [0.717, 1.165) is 28.5 Å². The highest BCUT2D eigenvalue weighted by Crippen LogP contribution is 2.24. The lowest BCUT2D eigenvalue weighted by Crippen LogP contribution is -2.29. The molecule has 1 N–H and O–H groups in total. The number of piperidine rings is 1. The second-order valence-electron chi connectivity index (χ2n) is 6.86.